The topological polar surface area (TPSA) is 64.7 Å². The summed E-state index contributed by atoms with van der Waals surface area (Å²) in [5, 5.41) is 1.01. The van der Waals surface area contributed by atoms with Crippen LogP contribution in [0.15, 0.2) is 36.5 Å². The minimum absolute atomic E-state index is 0.224. The van der Waals surface area contributed by atoms with Crippen LogP contribution in [0.3, 0.4) is 0 Å². The van der Waals surface area contributed by atoms with Crippen molar-refractivity contribution in [1.82, 2.24) is 15.0 Å². The SMILES string of the molecule is CC(C)c1nc(-c2ccc(F)cc2)c(-c2ccnc(N)n2)s1. The summed E-state index contributed by atoms with van der Waals surface area (Å²) in [5.74, 6) is 0.259. The Kier molecular flexibility index (Phi) is 3.85. The molecular weight excluding hydrogens is 299 g/mol. The van der Waals surface area contributed by atoms with Gasteiger partial charge in [0.2, 0.25) is 5.95 Å². The van der Waals surface area contributed by atoms with Gasteiger partial charge in [0.15, 0.2) is 0 Å². The number of thiazole rings is 1. The normalized spacial score (nSPS) is 11.1. The zero-order valence-corrected chi connectivity index (χ0v) is 13.1. The van der Waals surface area contributed by atoms with Gasteiger partial charge in [-0.25, -0.2) is 19.3 Å². The highest BCUT2D eigenvalue weighted by molar-refractivity contribution is 7.15. The van der Waals surface area contributed by atoms with Crippen molar-refractivity contribution in [3.63, 3.8) is 0 Å². The van der Waals surface area contributed by atoms with Crippen LogP contribution >= 0.6 is 11.3 Å². The second kappa shape index (κ2) is 5.81. The summed E-state index contributed by atoms with van der Waals surface area (Å²) in [5.41, 5.74) is 8.07. The molecule has 2 heterocycles. The number of hydrogen-bond donors (Lipinski definition) is 1. The fraction of sp³-hybridized carbons (Fsp3) is 0.188. The lowest BCUT2D eigenvalue weighted by Crippen LogP contribution is -1.95. The van der Waals surface area contributed by atoms with Crippen LogP contribution in [0.1, 0.15) is 24.8 Å². The lowest BCUT2D eigenvalue weighted by Gasteiger charge is -2.02. The monoisotopic (exact) mass is 314 g/mol. The molecular formula is C16H15FN4S. The molecule has 6 heteroatoms. The number of halogens is 1. The predicted octanol–water partition coefficient (Wildman–Crippen LogP) is 4.11. The molecule has 22 heavy (non-hydrogen) atoms. The van der Waals surface area contributed by atoms with E-state index in [4.69, 9.17) is 10.7 Å². The number of rotatable bonds is 3. The summed E-state index contributed by atoms with van der Waals surface area (Å²) in [6.07, 6.45) is 1.63. The predicted molar refractivity (Wildman–Crippen MR) is 87.0 cm³/mol. The van der Waals surface area contributed by atoms with Crippen molar-refractivity contribution in [3.8, 4) is 21.8 Å². The number of nitrogens with zero attached hydrogens (tertiary/aromatic N) is 3. The number of aromatic nitrogens is 3. The maximum atomic E-state index is 13.2. The molecule has 0 fully saturated rings. The van der Waals surface area contributed by atoms with E-state index in [0.29, 0.717) is 5.92 Å². The molecule has 0 atom stereocenters. The molecule has 0 aliphatic rings. The largest absolute Gasteiger partial charge is 0.368 e. The van der Waals surface area contributed by atoms with Crippen LogP contribution in [0.4, 0.5) is 10.3 Å². The van der Waals surface area contributed by atoms with Gasteiger partial charge >= 0.3 is 0 Å². The maximum absolute atomic E-state index is 13.2. The summed E-state index contributed by atoms with van der Waals surface area (Å²) in [6, 6.07) is 8.12. The quantitative estimate of drug-likeness (QED) is 0.790. The highest BCUT2D eigenvalue weighted by Gasteiger charge is 2.18. The average molecular weight is 314 g/mol. The molecule has 0 bridgehead atoms. The third kappa shape index (κ3) is 2.82. The molecule has 2 aromatic heterocycles. The third-order valence-corrected chi connectivity index (χ3v) is 4.54. The van der Waals surface area contributed by atoms with E-state index in [0.717, 1.165) is 26.8 Å². The molecule has 112 valence electrons. The van der Waals surface area contributed by atoms with Crippen molar-refractivity contribution in [2.24, 2.45) is 0 Å². The van der Waals surface area contributed by atoms with Gasteiger partial charge in [-0.15, -0.1) is 11.3 Å². The number of nitrogen functional groups attached to an aromatic ring is 1. The van der Waals surface area contributed by atoms with E-state index in [2.05, 4.69) is 23.8 Å². The molecule has 0 amide bonds. The van der Waals surface area contributed by atoms with Crippen molar-refractivity contribution in [2.45, 2.75) is 19.8 Å². The van der Waals surface area contributed by atoms with Gasteiger partial charge in [0.05, 0.1) is 21.3 Å². The van der Waals surface area contributed by atoms with Crippen LogP contribution in [0, 0.1) is 5.82 Å². The summed E-state index contributed by atoms with van der Waals surface area (Å²) in [7, 11) is 0. The van der Waals surface area contributed by atoms with Crippen LogP contribution in [-0.2, 0) is 0 Å². The minimum Gasteiger partial charge on any atom is -0.368 e. The van der Waals surface area contributed by atoms with Crippen molar-refractivity contribution < 1.29 is 4.39 Å². The number of nitrogens with two attached hydrogens (primary N) is 1. The van der Waals surface area contributed by atoms with Gasteiger partial charge < -0.3 is 5.73 Å². The lowest BCUT2D eigenvalue weighted by atomic mass is 10.1. The smallest absolute Gasteiger partial charge is 0.220 e. The first-order valence-corrected chi connectivity index (χ1v) is 7.72. The van der Waals surface area contributed by atoms with Gasteiger partial charge in [0.25, 0.3) is 0 Å². The average Bonchev–Trinajstić information content (AvgIpc) is 2.93. The zero-order chi connectivity index (χ0) is 15.7. The van der Waals surface area contributed by atoms with Gasteiger partial charge in [-0.3, -0.25) is 0 Å². The molecule has 0 radical (unpaired) electrons. The summed E-state index contributed by atoms with van der Waals surface area (Å²) < 4.78 is 13.2. The Morgan fingerprint density at radius 1 is 1.09 bits per heavy atom. The van der Waals surface area contributed by atoms with Gasteiger partial charge in [-0.2, -0.15) is 0 Å². The first-order chi connectivity index (χ1) is 10.5. The standard InChI is InChI=1S/C16H15FN4S/c1-9(2)15-21-13(10-3-5-11(17)6-4-10)14(22-15)12-7-8-19-16(18)20-12/h3-9H,1-2H3,(H2,18,19,20). The van der Waals surface area contributed by atoms with E-state index < -0.39 is 0 Å². The first-order valence-electron chi connectivity index (χ1n) is 6.90. The zero-order valence-electron chi connectivity index (χ0n) is 12.2. The Labute approximate surface area is 131 Å². The Hall–Kier alpha value is -2.34. The fourth-order valence-corrected chi connectivity index (χ4v) is 3.12. The Morgan fingerprint density at radius 3 is 2.45 bits per heavy atom. The van der Waals surface area contributed by atoms with E-state index in [9.17, 15) is 4.39 Å². The third-order valence-electron chi connectivity index (χ3n) is 3.16. The van der Waals surface area contributed by atoms with E-state index in [1.165, 1.54) is 12.1 Å². The second-order valence-corrected chi connectivity index (χ2v) is 6.22. The highest BCUT2D eigenvalue weighted by Crippen LogP contribution is 2.38. The van der Waals surface area contributed by atoms with Crippen LogP contribution < -0.4 is 5.73 Å². The van der Waals surface area contributed by atoms with Crippen LogP contribution in [0.5, 0.6) is 0 Å². The lowest BCUT2D eigenvalue weighted by molar-refractivity contribution is 0.628. The Bertz CT molecular complexity index is 796. The molecule has 0 saturated carbocycles. The van der Waals surface area contributed by atoms with Gasteiger partial charge in [-0.05, 0) is 30.3 Å². The molecule has 1 aromatic carbocycles. The van der Waals surface area contributed by atoms with Gasteiger partial charge in [0, 0.05) is 17.7 Å². The summed E-state index contributed by atoms with van der Waals surface area (Å²) in [4.78, 5) is 13.8. The first kappa shape index (κ1) is 14.6. The summed E-state index contributed by atoms with van der Waals surface area (Å²) >= 11 is 1.58. The maximum Gasteiger partial charge on any atom is 0.220 e. The molecule has 0 saturated heterocycles. The fourth-order valence-electron chi connectivity index (χ4n) is 2.06. The highest BCUT2D eigenvalue weighted by atomic mass is 32.1. The molecule has 0 unspecified atom stereocenters. The molecule has 0 aliphatic carbocycles. The van der Waals surface area contributed by atoms with Crippen LogP contribution in [-0.4, -0.2) is 15.0 Å². The van der Waals surface area contributed by atoms with E-state index >= 15 is 0 Å². The number of benzene rings is 1. The van der Waals surface area contributed by atoms with Crippen LogP contribution in [0.2, 0.25) is 0 Å². The molecule has 2 N–H and O–H groups in total. The molecule has 4 nitrogen and oxygen atoms in total. The van der Waals surface area contributed by atoms with Crippen molar-refractivity contribution >= 4 is 17.3 Å². The minimum atomic E-state index is -0.268. The number of anilines is 1. The molecule has 3 aromatic rings. The van der Waals surface area contributed by atoms with Gasteiger partial charge in [0.1, 0.15) is 5.82 Å². The van der Waals surface area contributed by atoms with E-state index in [1.807, 2.05) is 0 Å². The molecule has 0 aliphatic heterocycles. The van der Waals surface area contributed by atoms with Crippen molar-refractivity contribution in [3.05, 3.63) is 47.4 Å². The van der Waals surface area contributed by atoms with Crippen molar-refractivity contribution in [2.75, 3.05) is 5.73 Å². The Morgan fingerprint density at radius 2 is 1.82 bits per heavy atom. The van der Waals surface area contributed by atoms with Crippen LogP contribution in [0.25, 0.3) is 21.8 Å². The number of hydrogen-bond acceptors (Lipinski definition) is 5. The summed E-state index contributed by atoms with van der Waals surface area (Å²) in [6.45, 7) is 4.18. The van der Waals surface area contributed by atoms with Gasteiger partial charge in [-0.1, -0.05) is 13.8 Å². The molecule has 3 rings (SSSR count). The Balaban J connectivity index is 2.18. The van der Waals surface area contributed by atoms with E-state index in [-0.39, 0.29) is 11.8 Å². The second-order valence-electron chi connectivity index (χ2n) is 5.19. The molecule has 0 spiro atoms. The van der Waals surface area contributed by atoms with E-state index in [1.54, 1.807) is 35.7 Å². The van der Waals surface area contributed by atoms with Crippen molar-refractivity contribution in [1.29, 1.82) is 0 Å².